The lowest BCUT2D eigenvalue weighted by Gasteiger charge is -2.15. The Balaban J connectivity index is 2.13. The molecule has 0 fully saturated rings. The van der Waals surface area contributed by atoms with Gasteiger partial charge in [-0.15, -0.1) is 0 Å². The smallest absolute Gasteiger partial charge is 0.434 e. The zero-order chi connectivity index (χ0) is 11.8. The maximum Gasteiger partial charge on any atom is 0.434 e. The van der Waals surface area contributed by atoms with E-state index in [1.807, 2.05) is 24.3 Å². The van der Waals surface area contributed by atoms with Crippen LogP contribution in [0.5, 0.6) is 5.75 Å². The molecule has 2 heterocycles. The zero-order valence-corrected chi connectivity index (χ0v) is 9.21. The van der Waals surface area contributed by atoms with Crippen LogP contribution in [0.2, 0.25) is 0 Å². The summed E-state index contributed by atoms with van der Waals surface area (Å²) in [4.78, 5) is 11.4. The van der Waals surface area contributed by atoms with Crippen molar-refractivity contribution in [1.29, 1.82) is 0 Å². The largest absolute Gasteiger partial charge is 0.488 e. The second-order valence-corrected chi connectivity index (χ2v) is 3.70. The molecule has 0 atom stereocenters. The molecule has 0 N–H and O–H groups in total. The van der Waals surface area contributed by atoms with E-state index in [2.05, 4.69) is 9.84 Å². The summed E-state index contributed by atoms with van der Waals surface area (Å²) in [6, 6.07) is 7.62. The Morgan fingerprint density at radius 2 is 2.29 bits per heavy atom. The predicted molar refractivity (Wildman–Crippen MR) is 59.8 cm³/mol. The van der Waals surface area contributed by atoms with E-state index >= 15 is 0 Å². The van der Waals surface area contributed by atoms with Gasteiger partial charge in [0.25, 0.3) is 0 Å². The van der Waals surface area contributed by atoms with Gasteiger partial charge in [0, 0.05) is 17.3 Å². The molecule has 5 nitrogen and oxygen atoms in total. The van der Waals surface area contributed by atoms with Crippen LogP contribution in [-0.4, -0.2) is 23.0 Å². The summed E-state index contributed by atoms with van der Waals surface area (Å²) in [6.07, 6.45) is 1.13. The predicted octanol–water partition coefficient (Wildman–Crippen LogP) is 2.06. The number of methoxy groups -OCH3 is 1. The summed E-state index contributed by atoms with van der Waals surface area (Å²) in [5, 5.41) is 4.22. The second kappa shape index (κ2) is 3.62. The summed E-state index contributed by atoms with van der Waals surface area (Å²) in [6.45, 7) is 0.420. The van der Waals surface area contributed by atoms with Crippen molar-refractivity contribution in [2.75, 3.05) is 7.11 Å². The van der Waals surface area contributed by atoms with Gasteiger partial charge in [-0.1, -0.05) is 12.1 Å². The van der Waals surface area contributed by atoms with Gasteiger partial charge >= 0.3 is 6.09 Å². The third-order valence-corrected chi connectivity index (χ3v) is 2.68. The molecule has 0 amide bonds. The summed E-state index contributed by atoms with van der Waals surface area (Å²) in [5.41, 5.74) is 2.56. The lowest BCUT2D eigenvalue weighted by molar-refractivity contribution is 0.169. The van der Waals surface area contributed by atoms with Gasteiger partial charge in [-0.3, -0.25) is 0 Å². The van der Waals surface area contributed by atoms with Crippen molar-refractivity contribution in [1.82, 2.24) is 9.78 Å². The fourth-order valence-corrected chi connectivity index (χ4v) is 1.87. The van der Waals surface area contributed by atoms with Crippen molar-refractivity contribution < 1.29 is 14.3 Å². The second-order valence-electron chi connectivity index (χ2n) is 3.70. The molecule has 5 heteroatoms. The average Bonchev–Trinajstić information content (AvgIpc) is 2.82. The average molecular weight is 230 g/mol. The first kappa shape index (κ1) is 9.89. The van der Waals surface area contributed by atoms with Crippen LogP contribution in [0.25, 0.3) is 11.3 Å². The minimum atomic E-state index is -0.503. The summed E-state index contributed by atoms with van der Waals surface area (Å²) < 4.78 is 11.4. The number of rotatable bonds is 0. The topological polar surface area (TPSA) is 53.4 Å². The molecule has 86 valence electrons. The van der Waals surface area contributed by atoms with Crippen LogP contribution in [0.3, 0.4) is 0 Å². The van der Waals surface area contributed by atoms with Crippen molar-refractivity contribution >= 4 is 6.09 Å². The van der Waals surface area contributed by atoms with E-state index in [-0.39, 0.29) is 0 Å². The lowest BCUT2D eigenvalue weighted by atomic mass is 10.1. The third-order valence-electron chi connectivity index (χ3n) is 2.68. The molecule has 0 radical (unpaired) electrons. The lowest BCUT2D eigenvalue weighted by Crippen LogP contribution is -2.11. The van der Waals surface area contributed by atoms with Crippen LogP contribution in [0.4, 0.5) is 4.79 Å². The maximum absolute atomic E-state index is 11.4. The highest BCUT2D eigenvalue weighted by molar-refractivity contribution is 5.75. The zero-order valence-electron chi connectivity index (χ0n) is 9.21. The first-order valence-corrected chi connectivity index (χ1v) is 5.18. The van der Waals surface area contributed by atoms with Crippen LogP contribution >= 0.6 is 0 Å². The number of benzene rings is 1. The monoisotopic (exact) mass is 230 g/mol. The van der Waals surface area contributed by atoms with Crippen molar-refractivity contribution in [3.63, 3.8) is 0 Å². The molecule has 17 heavy (non-hydrogen) atoms. The van der Waals surface area contributed by atoms with Crippen molar-refractivity contribution in [2.45, 2.75) is 6.61 Å². The molecule has 0 spiro atoms. The Bertz CT molecular complexity index is 589. The minimum Gasteiger partial charge on any atom is -0.488 e. The quantitative estimate of drug-likeness (QED) is 0.695. The first-order valence-electron chi connectivity index (χ1n) is 5.18. The van der Waals surface area contributed by atoms with Crippen molar-refractivity contribution in [2.24, 2.45) is 0 Å². The van der Waals surface area contributed by atoms with Crippen LogP contribution in [0.1, 0.15) is 5.56 Å². The van der Waals surface area contributed by atoms with E-state index in [1.165, 1.54) is 11.8 Å². The Kier molecular flexibility index (Phi) is 2.11. The van der Waals surface area contributed by atoms with Crippen LogP contribution in [0.15, 0.2) is 30.5 Å². The fourth-order valence-electron chi connectivity index (χ4n) is 1.87. The molecule has 1 aromatic carbocycles. The fraction of sp³-hybridized carbons (Fsp3) is 0.167. The van der Waals surface area contributed by atoms with E-state index in [0.29, 0.717) is 6.61 Å². The Morgan fingerprint density at radius 1 is 1.47 bits per heavy atom. The highest BCUT2D eigenvalue weighted by Gasteiger charge is 2.22. The highest BCUT2D eigenvalue weighted by Crippen LogP contribution is 2.35. The van der Waals surface area contributed by atoms with E-state index in [9.17, 15) is 4.79 Å². The number of carbonyl (C=O) groups is 1. The normalized spacial score (nSPS) is 12.3. The molecule has 0 saturated carbocycles. The SMILES string of the molecule is COC(=O)n1cc2c(n1)-c1ccccc1OC2. The van der Waals surface area contributed by atoms with Gasteiger partial charge in [0.05, 0.1) is 7.11 Å². The first-order chi connectivity index (χ1) is 8.29. The number of nitrogens with zero attached hydrogens (tertiary/aromatic N) is 2. The van der Waals surface area contributed by atoms with E-state index in [1.54, 1.807) is 6.20 Å². The number of ether oxygens (including phenoxy) is 2. The van der Waals surface area contributed by atoms with Gasteiger partial charge in [-0.25, -0.2) is 4.79 Å². The third kappa shape index (κ3) is 1.47. The Labute approximate surface area is 97.6 Å². The number of hydrogen-bond acceptors (Lipinski definition) is 4. The standard InChI is InChI=1S/C12H10N2O3/c1-16-12(15)14-6-8-7-17-10-5-3-2-4-9(10)11(8)13-14/h2-6H,7H2,1H3. The summed E-state index contributed by atoms with van der Waals surface area (Å²) >= 11 is 0. The molecule has 1 aliphatic heterocycles. The van der Waals surface area contributed by atoms with Crippen LogP contribution < -0.4 is 4.74 Å². The summed E-state index contributed by atoms with van der Waals surface area (Å²) in [7, 11) is 1.33. The number of aromatic nitrogens is 2. The molecule has 1 aromatic heterocycles. The van der Waals surface area contributed by atoms with Gasteiger partial charge in [0.15, 0.2) is 0 Å². The Morgan fingerprint density at radius 3 is 3.12 bits per heavy atom. The van der Waals surface area contributed by atoms with Crippen LogP contribution in [0, 0.1) is 0 Å². The van der Waals surface area contributed by atoms with Crippen LogP contribution in [-0.2, 0) is 11.3 Å². The van der Waals surface area contributed by atoms with E-state index < -0.39 is 6.09 Å². The van der Waals surface area contributed by atoms with Gasteiger partial charge in [0.1, 0.15) is 18.1 Å². The van der Waals surface area contributed by atoms with Gasteiger partial charge in [-0.2, -0.15) is 9.78 Å². The van der Waals surface area contributed by atoms with Crippen molar-refractivity contribution in [3.8, 4) is 17.0 Å². The molecule has 1 aliphatic rings. The van der Waals surface area contributed by atoms with Gasteiger partial charge in [0.2, 0.25) is 0 Å². The Hall–Kier alpha value is -2.30. The molecule has 0 saturated heterocycles. The number of carbonyl (C=O) groups excluding carboxylic acids is 1. The minimum absolute atomic E-state index is 0.420. The van der Waals surface area contributed by atoms with Crippen molar-refractivity contribution in [3.05, 3.63) is 36.0 Å². The number of fused-ring (bicyclic) bond motifs is 3. The molecular weight excluding hydrogens is 220 g/mol. The molecule has 3 rings (SSSR count). The van der Waals surface area contributed by atoms with Gasteiger partial charge < -0.3 is 9.47 Å². The highest BCUT2D eigenvalue weighted by atomic mass is 16.5. The molecular formula is C12H10N2O3. The van der Waals surface area contributed by atoms with E-state index in [0.717, 1.165) is 22.6 Å². The summed E-state index contributed by atoms with van der Waals surface area (Å²) in [5.74, 6) is 0.787. The van der Waals surface area contributed by atoms with Gasteiger partial charge in [-0.05, 0) is 12.1 Å². The molecule has 0 unspecified atom stereocenters. The maximum atomic E-state index is 11.4. The van der Waals surface area contributed by atoms with E-state index in [4.69, 9.17) is 4.74 Å². The molecule has 0 bridgehead atoms. The molecule has 2 aromatic rings. The molecule has 0 aliphatic carbocycles. The number of hydrogen-bond donors (Lipinski definition) is 0. The number of para-hydroxylation sites is 1.